The Labute approximate surface area is 80.2 Å². The van der Waals surface area contributed by atoms with E-state index in [0.29, 0.717) is 6.42 Å². The van der Waals surface area contributed by atoms with Crippen LogP contribution in [-0.4, -0.2) is 19.0 Å². The van der Waals surface area contributed by atoms with Gasteiger partial charge in [0.05, 0.1) is 5.84 Å². The number of amidine groups is 1. The Balaban J connectivity index is 1.70. The number of hydrogen-bond donors (Lipinski definition) is 2. The molecule has 3 heteroatoms. The zero-order chi connectivity index (χ0) is 9.52. The van der Waals surface area contributed by atoms with E-state index < -0.39 is 0 Å². The zero-order valence-electron chi connectivity index (χ0n) is 8.22. The summed E-state index contributed by atoms with van der Waals surface area (Å²) in [6.45, 7) is 1.75. The van der Waals surface area contributed by atoms with Crippen molar-refractivity contribution in [2.24, 2.45) is 11.7 Å². The van der Waals surface area contributed by atoms with Gasteiger partial charge in [0.25, 0.3) is 0 Å². The molecule has 0 aromatic rings. The van der Waals surface area contributed by atoms with E-state index in [1.165, 1.54) is 19.3 Å². The summed E-state index contributed by atoms with van der Waals surface area (Å²) in [7, 11) is 0. The predicted octanol–water partition coefficient (Wildman–Crippen LogP) is 1.91. The van der Waals surface area contributed by atoms with Crippen LogP contribution >= 0.6 is 0 Å². The lowest BCUT2D eigenvalue weighted by Crippen LogP contribution is -2.09. The number of nitrogens with one attached hydrogen (secondary N) is 1. The third kappa shape index (κ3) is 6.58. The Morgan fingerprint density at radius 3 is 2.69 bits per heavy atom. The molecule has 0 aliphatic heterocycles. The monoisotopic (exact) mass is 184 g/mol. The van der Waals surface area contributed by atoms with E-state index in [1.54, 1.807) is 0 Å². The molecule has 0 unspecified atom stereocenters. The molecule has 76 valence electrons. The Bertz CT molecular complexity index is 155. The highest BCUT2D eigenvalue weighted by Gasteiger charge is 2.20. The van der Waals surface area contributed by atoms with Crippen LogP contribution in [0.5, 0.6) is 0 Å². The molecule has 0 radical (unpaired) electrons. The SMILES string of the molecule is N=C(N)CCCCOCCC1CC1. The maximum Gasteiger partial charge on any atom is 0.0905 e. The summed E-state index contributed by atoms with van der Waals surface area (Å²) in [6, 6.07) is 0. The van der Waals surface area contributed by atoms with Crippen LogP contribution in [-0.2, 0) is 4.74 Å². The smallest absolute Gasteiger partial charge is 0.0905 e. The van der Waals surface area contributed by atoms with Gasteiger partial charge in [-0.15, -0.1) is 0 Å². The Hall–Kier alpha value is -0.570. The normalized spacial score (nSPS) is 16.0. The molecule has 0 bridgehead atoms. The van der Waals surface area contributed by atoms with E-state index in [1.807, 2.05) is 0 Å². The van der Waals surface area contributed by atoms with E-state index in [4.69, 9.17) is 15.9 Å². The van der Waals surface area contributed by atoms with Crippen LogP contribution in [0.1, 0.15) is 38.5 Å². The average Bonchev–Trinajstić information content (AvgIpc) is 2.86. The maximum atomic E-state index is 7.01. The average molecular weight is 184 g/mol. The van der Waals surface area contributed by atoms with Crippen molar-refractivity contribution in [1.29, 1.82) is 5.41 Å². The molecule has 1 fully saturated rings. The van der Waals surface area contributed by atoms with E-state index in [9.17, 15) is 0 Å². The number of rotatable bonds is 8. The summed E-state index contributed by atoms with van der Waals surface area (Å²) < 4.78 is 5.45. The van der Waals surface area contributed by atoms with Gasteiger partial charge in [0.15, 0.2) is 0 Å². The lowest BCUT2D eigenvalue weighted by atomic mass is 10.2. The van der Waals surface area contributed by atoms with E-state index in [2.05, 4.69) is 0 Å². The summed E-state index contributed by atoms with van der Waals surface area (Å²) in [5.41, 5.74) is 5.22. The molecule has 1 rings (SSSR count). The highest BCUT2D eigenvalue weighted by atomic mass is 16.5. The van der Waals surface area contributed by atoms with Gasteiger partial charge in [0.1, 0.15) is 0 Å². The van der Waals surface area contributed by atoms with Crippen molar-refractivity contribution >= 4 is 5.84 Å². The van der Waals surface area contributed by atoms with Crippen molar-refractivity contribution in [3.8, 4) is 0 Å². The molecular formula is C10H20N2O. The molecule has 0 saturated heterocycles. The van der Waals surface area contributed by atoms with Gasteiger partial charge < -0.3 is 10.5 Å². The minimum absolute atomic E-state index is 0.290. The second-order valence-electron chi connectivity index (χ2n) is 3.83. The highest BCUT2D eigenvalue weighted by molar-refractivity contribution is 5.76. The third-order valence-corrected chi connectivity index (χ3v) is 2.35. The first kappa shape index (κ1) is 10.5. The van der Waals surface area contributed by atoms with Gasteiger partial charge >= 0.3 is 0 Å². The standard InChI is InChI=1S/C10H20N2O/c11-10(12)3-1-2-7-13-8-6-9-4-5-9/h9H,1-8H2,(H3,11,12). The molecule has 0 spiro atoms. The predicted molar refractivity (Wildman–Crippen MR) is 53.9 cm³/mol. The second-order valence-corrected chi connectivity index (χ2v) is 3.83. The van der Waals surface area contributed by atoms with E-state index >= 15 is 0 Å². The van der Waals surface area contributed by atoms with Crippen LogP contribution in [0, 0.1) is 11.3 Å². The lowest BCUT2D eigenvalue weighted by Gasteiger charge is -2.02. The highest BCUT2D eigenvalue weighted by Crippen LogP contribution is 2.32. The fraction of sp³-hybridized carbons (Fsp3) is 0.900. The molecule has 0 aromatic carbocycles. The number of ether oxygens (including phenoxy) is 1. The van der Waals surface area contributed by atoms with Gasteiger partial charge in [-0.05, 0) is 25.2 Å². The van der Waals surface area contributed by atoms with E-state index in [0.717, 1.165) is 32.0 Å². The van der Waals surface area contributed by atoms with Crippen LogP contribution in [0.15, 0.2) is 0 Å². The third-order valence-electron chi connectivity index (χ3n) is 2.35. The number of unbranched alkanes of at least 4 members (excludes halogenated alkanes) is 1. The molecule has 1 saturated carbocycles. The van der Waals surface area contributed by atoms with Gasteiger partial charge in [-0.2, -0.15) is 0 Å². The maximum absolute atomic E-state index is 7.01. The molecule has 0 aromatic heterocycles. The van der Waals surface area contributed by atoms with Crippen LogP contribution < -0.4 is 5.73 Å². The van der Waals surface area contributed by atoms with Crippen molar-refractivity contribution in [3.63, 3.8) is 0 Å². The summed E-state index contributed by atoms with van der Waals surface area (Å²) in [4.78, 5) is 0. The molecule has 0 amide bonds. The molecule has 0 heterocycles. The van der Waals surface area contributed by atoms with E-state index in [-0.39, 0.29) is 5.84 Å². The molecule has 13 heavy (non-hydrogen) atoms. The van der Waals surface area contributed by atoms with Crippen LogP contribution in [0.3, 0.4) is 0 Å². The van der Waals surface area contributed by atoms with Gasteiger partial charge in [0.2, 0.25) is 0 Å². The Kier molecular flexibility index (Phi) is 4.83. The minimum Gasteiger partial charge on any atom is -0.388 e. The molecule has 3 nitrogen and oxygen atoms in total. The van der Waals surface area contributed by atoms with Crippen molar-refractivity contribution in [3.05, 3.63) is 0 Å². The molecule has 1 aliphatic carbocycles. The first-order valence-corrected chi connectivity index (χ1v) is 5.19. The summed E-state index contributed by atoms with van der Waals surface area (Å²) >= 11 is 0. The summed E-state index contributed by atoms with van der Waals surface area (Å²) in [5.74, 6) is 1.26. The molecule has 0 atom stereocenters. The second kappa shape index (κ2) is 5.97. The molecule has 3 N–H and O–H groups in total. The van der Waals surface area contributed by atoms with Crippen LogP contribution in [0.25, 0.3) is 0 Å². The Morgan fingerprint density at radius 2 is 2.08 bits per heavy atom. The van der Waals surface area contributed by atoms with Crippen molar-refractivity contribution in [1.82, 2.24) is 0 Å². The first-order valence-electron chi connectivity index (χ1n) is 5.19. The van der Waals surface area contributed by atoms with Crippen molar-refractivity contribution in [2.75, 3.05) is 13.2 Å². The van der Waals surface area contributed by atoms with Crippen molar-refractivity contribution in [2.45, 2.75) is 38.5 Å². The van der Waals surface area contributed by atoms with Gasteiger partial charge in [-0.3, -0.25) is 5.41 Å². The van der Waals surface area contributed by atoms with Gasteiger partial charge in [-0.1, -0.05) is 12.8 Å². The van der Waals surface area contributed by atoms with Crippen LogP contribution in [0.2, 0.25) is 0 Å². The molecular weight excluding hydrogens is 164 g/mol. The lowest BCUT2D eigenvalue weighted by molar-refractivity contribution is 0.125. The van der Waals surface area contributed by atoms with Gasteiger partial charge in [-0.25, -0.2) is 0 Å². The zero-order valence-corrected chi connectivity index (χ0v) is 8.22. The fourth-order valence-corrected chi connectivity index (χ4v) is 1.28. The minimum atomic E-state index is 0.290. The van der Waals surface area contributed by atoms with Crippen LogP contribution in [0.4, 0.5) is 0 Å². The summed E-state index contributed by atoms with van der Waals surface area (Å²) in [5, 5.41) is 7.01. The largest absolute Gasteiger partial charge is 0.388 e. The van der Waals surface area contributed by atoms with Gasteiger partial charge in [0, 0.05) is 19.6 Å². The van der Waals surface area contributed by atoms with Crippen molar-refractivity contribution < 1.29 is 4.74 Å². The molecule has 1 aliphatic rings. The topological polar surface area (TPSA) is 59.1 Å². The fourth-order valence-electron chi connectivity index (χ4n) is 1.28. The number of nitrogens with two attached hydrogens (primary N) is 1. The number of hydrogen-bond acceptors (Lipinski definition) is 2. The first-order chi connectivity index (χ1) is 6.29. The Morgan fingerprint density at radius 1 is 1.31 bits per heavy atom. The summed E-state index contributed by atoms with van der Waals surface area (Å²) in [6.07, 6.45) is 6.79. The quantitative estimate of drug-likeness (QED) is 0.344.